The summed E-state index contributed by atoms with van der Waals surface area (Å²) in [5, 5.41) is 15.9. The number of benzene rings is 2. The van der Waals surface area contributed by atoms with Gasteiger partial charge in [0, 0.05) is 21.9 Å². The molecule has 0 heterocycles. The van der Waals surface area contributed by atoms with Gasteiger partial charge in [0.15, 0.2) is 0 Å². The van der Waals surface area contributed by atoms with Crippen LogP contribution < -0.4 is 10.6 Å². The Balaban J connectivity index is 2.14. The number of amides is 1. The Labute approximate surface area is 148 Å². The summed E-state index contributed by atoms with van der Waals surface area (Å²) in [6, 6.07) is 13.3. The molecule has 116 valence electrons. The van der Waals surface area contributed by atoms with Gasteiger partial charge in [-0.2, -0.15) is 5.26 Å². The van der Waals surface area contributed by atoms with E-state index >= 15 is 0 Å². The predicted molar refractivity (Wildman–Crippen MR) is 93.9 cm³/mol. The second-order valence-electron chi connectivity index (χ2n) is 4.40. The Morgan fingerprint density at radius 2 is 1.83 bits per heavy atom. The van der Waals surface area contributed by atoms with E-state index in [-0.39, 0.29) is 5.57 Å². The molecule has 0 bridgehead atoms. The molecule has 2 N–H and O–H groups in total. The molecule has 0 saturated heterocycles. The second kappa shape index (κ2) is 7.89. The van der Waals surface area contributed by atoms with Gasteiger partial charge in [-0.3, -0.25) is 4.79 Å². The summed E-state index contributed by atoms with van der Waals surface area (Å²) in [5.41, 5.74) is 0.855. The zero-order valence-corrected chi connectivity index (χ0v) is 13.9. The molecule has 0 radical (unpaired) electrons. The third-order valence-electron chi connectivity index (χ3n) is 2.75. The number of carbonyl (C=O) groups is 1. The highest BCUT2D eigenvalue weighted by Crippen LogP contribution is 2.25. The number of nitriles is 1. The fourth-order valence-electron chi connectivity index (χ4n) is 1.67. The van der Waals surface area contributed by atoms with Gasteiger partial charge >= 0.3 is 0 Å². The second-order valence-corrected chi connectivity index (χ2v) is 5.68. The van der Waals surface area contributed by atoms with Crippen LogP contribution in [0.3, 0.4) is 0 Å². The van der Waals surface area contributed by atoms with Crippen LogP contribution in [0.1, 0.15) is 0 Å². The van der Waals surface area contributed by atoms with Crippen molar-refractivity contribution >= 4 is 52.1 Å². The molecule has 0 aliphatic carbocycles. The van der Waals surface area contributed by atoms with Gasteiger partial charge in [0.2, 0.25) is 0 Å². The van der Waals surface area contributed by atoms with E-state index in [1.165, 1.54) is 6.20 Å². The largest absolute Gasteiger partial charge is 0.359 e. The van der Waals surface area contributed by atoms with E-state index in [1.807, 2.05) is 6.07 Å². The van der Waals surface area contributed by atoms with E-state index < -0.39 is 5.91 Å². The molecule has 2 aromatic carbocycles. The van der Waals surface area contributed by atoms with E-state index in [1.54, 1.807) is 42.5 Å². The maximum absolute atomic E-state index is 12.1. The number of hydrogen-bond acceptors (Lipinski definition) is 3. The lowest BCUT2D eigenvalue weighted by Gasteiger charge is -2.07. The maximum Gasteiger partial charge on any atom is 0.267 e. The highest BCUT2D eigenvalue weighted by Gasteiger charge is 2.10. The van der Waals surface area contributed by atoms with Crippen LogP contribution in [0.25, 0.3) is 0 Å². The molecule has 0 unspecified atom stereocenters. The molecule has 0 fully saturated rings. The summed E-state index contributed by atoms with van der Waals surface area (Å²) in [6.45, 7) is 0. The Hall–Kier alpha value is -2.19. The predicted octanol–water partition coefficient (Wildman–Crippen LogP) is 5.10. The fraction of sp³-hybridized carbons (Fsp3) is 0. The lowest BCUT2D eigenvalue weighted by molar-refractivity contribution is -0.112. The Morgan fingerprint density at radius 1 is 1.09 bits per heavy atom. The first-order valence-electron chi connectivity index (χ1n) is 6.38. The van der Waals surface area contributed by atoms with Gasteiger partial charge in [0.05, 0.1) is 10.7 Å². The van der Waals surface area contributed by atoms with Crippen molar-refractivity contribution in [3.8, 4) is 6.07 Å². The lowest BCUT2D eigenvalue weighted by Crippen LogP contribution is -2.14. The first-order valence-corrected chi connectivity index (χ1v) is 7.52. The van der Waals surface area contributed by atoms with E-state index in [4.69, 9.17) is 40.1 Å². The smallest absolute Gasteiger partial charge is 0.267 e. The minimum atomic E-state index is -0.569. The van der Waals surface area contributed by atoms with E-state index in [2.05, 4.69) is 10.6 Å². The molecule has 0 saturated carbocycles. The SMILES string of the molecule is N#CC(=CNc1cc(Cl)ccc1Cl)C(=O)Nc1cccc(Cl)c1. The molecule has 2 aromatic rings. The van der Waals surface area contributed by atoms with E-state index in [0.717, 1.165) is 0 Å². The van der Waals surface area contributed by atoms with E-state index in [9.17, 15) is 4.79 Å². The van der Waals surface area contributed by atoms with Crippen LogP contribution in [0.4, 0.5) is 11.4 Å². The van der Waals surface area contributed by atoms with Crippen LogP contribution in [0.2, 0.25) is 15.1 Å². The number of halogens is 3. The number of carbonyl (C=O) groups excluding carboxylic acids is 1. The molecule has 0 atom stereocenters. The Kier molecular flexibility index (Phi) is 5.89. The monoisotopic (exact) mass is 365 g/mol. The number of anilines is 2. The van der Waals surface area contributed by atoms with Gasteiger partial charge in [-0.25, -0.2) is 0 Å². The van der Waals surface area contributed by atoms with Gasteiger partial charge in [-0.15, -0.1) is 0 Å². The van der Waals surface area contributed by atoms with Crippen molar-refractivity contribution in [1.82, 2.24) is 0 Å². The van der Waals surface area contributed by atoms with Crippen molar-refractivity contribution in [3.05, 3.63) is 69.3 Å². The lowest BCUT2D eigenvalue weighted by atomic mass is 10.2. The van der Waals surface area contributed by atoms with Crippen LogP contribution >= 0.6 is 34.8 Å². The van der Waals surface area contributed by atoms with Crippen LogP contribution in [0.15, 0.2) is 54.2 Å². The first kappa shape index (κ1) is 17.2. The van der Waals surface area contributed by atoms with Crippen LogP contribution in [-0.2, 0) is 4.79 Å². The quantitative estimate of drug-likeness (QED) is 0.584. The maximum atomic E-state index is 12.1. The van der Waals surface area contributed by atoms with Crippen LogP contribution in [0.5, 0.6) is 0 Å². The van der Waals surface area contributed by atoms with Crippen LogP contribution in [-0.4, -0.2) is 5.91 Å². The van der Waals surface area contributed by atoms with Crippen molar-refractivity contribution in [3.63, 3.8) is 0 Å². The van der Waals surface area contributed by atoms with Gasteiger partial charge in [-0.1, -0.05) is 40.9 Å². The zero-order valence-electron chi connectivity index (χ0n) is 11.6. The fourth-order valence-corrected chi connectivity index (χ4v) is 2.21. The summed E-state index contributed by atoms with van der Waals surface area (Å²) >= 11 is 17.7. The molecule has 0 aliphatic rings. The van der Waals surface area contributed by atoms with Gasteiger partial charge < -0.3 is 10.6 Å². The first-order chi connectivity index (χ1) is 11.0. The van der Waals surface area contributed by atoms with Crippen molar-refractivity contribution in [1.29, 1.82) is 5.26 Å². The standard InChI is InChI=1S/C16H10Cl3N3O/c17-11-2-1-3-13(6-11)22-16(23)10(8-20)9-21-15-7-12(18)4-5-14(15)19/h1-7,9,21H,(H,22,23). The molecule has 4 nitrogen and oxygen atoms in total. The number of hydrogen-bond donors (Lipinski definition) is 2. The molecule has 0 aromatic heterocycles. The van der Waals surface area contributed by atoms with Gasteiger partial charge in [0.25, 0.3) is 5.91 Å². The number of nitrogens with zero attached hydrogens (tertiary/aromatic N) is 1. The molecule has 23 heavy (non-hydrogen) atoms. The van der Waals surface area contributed by atoms with Gasteiger partial charge in [0.1, 0.15) is 11.6 Å². The Morgan fingerprint density at radius 3 is 2.52 bits per heavy atom. The highest BCUT2D eigenvalue weighted by atomic mass is 35.5. The summed E-state index contributed by atoms with van der Waals surface area (Å²) in [5.74, 6) is -0.569. The van der Waals surface area contributed by atoms with Crippen LogP contribution in [0, 0.1) is 11.3 Å². The average molecular weight is 367 g/mol. The summed E-state index contributed by atoms with van der Waals surface area (Å²) in [4.78, 5) is 12.1. The van der Waals surface area contributed by atoms with E-state index in [0.29, 0.717) is 26.4 Å². The zero-order chi connectivity index (χ0) is 16.8. The van der Waals surface area contributed by atoms with Crippen molar-refractivity contribution in [2.45, 2.75) is 0 Å². The highest BCUT2D eigenvalue weighted by molar-refractivity contribution is 6.35. The molecule has 7 heteroatoms. The molecular weight excluding hydrogens is 357 g/mol. The summed E-state index contributed by atoms with van der Waals surface area (Å²) in [6.07, 6.45) is 1.26. The van der Waals surface area contributed by atoms with Crippen molar-refractivity contribution in [2.24, 2.45) is 0 Å². The topological polar surface area (TPSA) is 64.9 Å². The van der Waals surface area contributed by atoms with Crippen molar-refractivity contribution in [2.75, 3.05) is 10.6 Å². The summed E-state index contributed by atoms with van der Waals surface area (Å²) < 4.78 is 0. The average Bonchev–Trinajstić information content (AvgIpc) is 2.51. The molecular formula is C16H10Cl3N3O. The molecule has 0 spiro atoms. The number of rotatable bonds is 4. The molecule has 0 aliphatic heterocycles. The summed E-state index contributed by atoms with van der Waals surface area (Å²) in [7, 11) is 0. The van der Waals surface area contributed by atoms with Crippen molar-refractivity contribution < 1.29 is 4.79 Å². The normalized spacial score (nSPS) is 10.8. The molecule has 2 rings (SSSR count). The number of nitrogens with one attached hydrogen (secondary N) is 2. The third-order valence-corrected chi connectivity index (χ3v) is 3.55. The minimum Gasteiger partial charge on any atom is -0.359 e. The van der Waals surface area contributed by atoms with Gasteiger partial charge in [-0.05, 0) is 36.4 Å². The minimum absolute atomic E-state index is 0.124. The third kappa shape index (κ3) is 4.90. The Bertz CT molecular complexity index is 812. The molecule has 1 amide bonds.